The molecule has 2 heterocycles. The van der Waals surface area contributed by atoms with Crippen molar-refractivity contribution >= 4 is 23.2 Å². The third kappa shape index (κ3) is 4.35. The SMILES string of the molecule is O[C@@H]1COC(c2ccc(Cl)cc2)O[C@@H]2[C@H]1OC(c1ccc(Cl)cc1)OC[C@@H]2O. The summed E-state index contributed by atoms with van der Waals surface area (Å²) in [6, 6.07) is 14.0. The lowest BCUT2D eigenvalue weighted by Gasteiger charge is -2.29. The molecule has 0 bridgehead atoms. The minimum absolute atomic E-state index is 0.0193. The number of rotatable bonds is 2. The number of aliphatic hydroxyl groups is 2. The van der Waals surface area contributed by atoms with E-state index in [2.05, 4.69) is 0 Å². The molecular formula is C20H20Cl2O6. The van der Waals surface area contributed by atoms with Crippen molar-refractivity contribution in [3.05, 3.63) is 69.7 Å². The van der Waals surface area contributed by atoms with Crippen LogP contribution in [0.4, 0.5) is 0 Å². The van der Waals surface area contributed by atoms with Crippen LogP contribution in [0.3, 0.4) is 0 Å². The highest BCUT2D eigenvalue weighted by Crippen LogP contribution is 2.35. The average molecular weight is 427 g/mol. The Kier molecular flexibility index (Phi) is 6.20. The summed E-state index contributed by atoms with van der Waals surface area (Å²) in [6.45, 7) is -0.0387. The maximum atomic E-state index is 10.6. The van der Waals surface area contributed by atoms with Crippen molar-refractivity contribution in [2.45, 2.75) is 37.0 Å². The predicted molar refractivity (Wildman–Crippen MR) is 102 cm³/mol. The van der Waals surface area contributed by atoms with Crippen LogP contribution in [0.2, 0.25) is 10.0 Å². The fraction of sp³-hybridized carbons (Fsp3) is 0.400. The first kappa shape index (κ1) is 20.1. The van der Waals surface area contributed by atoms with Gasteiger partial charge in [0.25, 0.3) is 0 Å². The van der Waals surface area contributed by atoms with E-state index in [0.29, 0.717) is 10.0 Å². The number of ether oxygens (including phenoxy) is 4. The van der Waals surface area contributed by atoms with Crippen molar-refractivity contribution < 1.29 is 29.2 Å². The van der Waals surface area contributed by atoms with Gasteiger partial charge in [0.2, 0.25) is 0 Å². The van der Waals surface area contributed by atoms with E-state index in [4.69, 9.17) is 42.1 Å². The van der Waals surface area contributed by atoms with Gasteiger partial charge in [-0.2, -0.15) is 0 Å². The van der Waals surface area contributed by atoms with Crippen molar-refractivity contribution in [3.8, 4) is 0 Å². The Morgan fingerprint density at radius 3 is 1.36 bits per heavy atom. The van der Waals surface area contributed by atoms with Crippen LogP contribution in [-0.4, -0.2) is 47.8 Å². The van der Waals surface area contributed by atoms with Crippen LogP contribution < -0.4 is 0 Å². The van der Waals surface area contributed by atoms with Crippen molar-refractivity contribution in [3.63, 3.8) is 0 Å². The van der Waals surface area contributed by atoms with Gasteiger partial charge in [-0.3, -0.25) is 0 Å². The highest BCUT2D eigenvalue weighted by molar-refractivity contribution is 6.30. The summed E-state index contributed by atoms with van der Waals surface area (Å²) in [6.07, 6.45) is -5.23. The molecule has 2 saturated heterocycles. The number of hydrogen-bond donors (Lipinski definition) is 2. The summed E-state index contributed by atoms with van der Waals surface area (Å²) >= 11 is 11.9. The second-order valence-corrected chi connectivity index (χ2v) is 7.64. The first-order valence-electron chi connectivity index (χ1n) is 8.92. The van der Waals surface area contributed by atoms with E-state index in [0.717, 1.165) is 11.1 Å². The van der Waals surface area contributed by atoms with E-state index in [1.165, 1.54) is 0 Å². The molecule has 2 aliphatic heterocycles. The van der Waals surface area contributed by atoms with Gasteiger partial charge in [-0.1, -0.05) is 47.5 Å². The zero-order valence-electron chi connectivity index (χ0n) is 14.8. The van der Waals surface area contributed by atoms with Crippen LogP contribution in [-0.2, 0) is 18.9 Å². The lowest BCUT2D eigenvalue weighted by atomic mass is 10.0. The largest absolute Gasteiger partial charge is 0.388 e. The van der Waals surface area contributed by atoms with Gasteiger partial charge >= 0.3 is 0 Å². The molecule has 2 aromatic rings. The second-order valence-electron chi connectivity index (χ2n) is 6.77. The average Bonchev–Trinajstić information content (AvgIpc) is 2.95. The Hall–Kier alpha value is -1.22. The fourth-order valence-corrected chi connectivity index (χ4v) is 3.54. The Labute approximate surface area is 172 Å². The molecule has 0 amide bonds. The maximum absolute atomic E-state index is 10.6. The van der Waals surface area contributed by atoms with Gasteiger partial charge in [0.15, 0.2) is 12.6 Å². The standard InChI is InChI=1S/C20H20Cl2O6/c21-13-5-1-11(2-6-13)19-25-9-15(23)18-17(27-19)16(24)10-26-20(28-18)12-3-7-14(22)8-4-12/h1-8,15-20,23-24H,9-10H2/t15-,16+,17-,18-,19?,20?/m0/s1. The predicted octanol–water partition coefficient (Wildman–Crippen LogP) is 3.24. The molecule has 2 N–H and O–H groups in total. The van der Waals surface area contributed by atoms with Gasteiger partial charge in [0, 0.05) is 21.2 Å². The third-order valence-corrected chi connectivity index (χ3v) is 5.27. The number of halogens is 2. The van der Waals surface area contributed by atoms with Crippen LogP contribution >= 0.6 is 23.2 Å². The lowest BCUT2D eigenvalue weighted by molar-refractivity contribution is -0.206. The Bertz CT molecular complexity index is 717. The quantitative estimate of drug-likeness (QED) is 0.767. The normalized spacial score (nSPS) is 33.6. The molecule has 4 rings (SSSR count). The van der Waals surface area contributed by atoms with Crippen LogP contribution in [0, 0.1) is 0 Å². The molecule has 0 saturated carbocycles. The van der Waals surface area contributed by atoms with Crippen molar-refractivity contribution in [2.75, 3.05) is 13.2 Å². The molecule has 150 valence electrons. The highest BCUT2D eigenvalue weighted by Gasteiger charge is 2.44. The van der Waals surface area contributed by atoms with Crippen molar-refractivity contribution in [1.29, 1.82) is 0 Å². The molecule has 2 fully saturated rings. The first-order valence-corrected chi connectivity index (χ1v) is 9.68. The lowest BCUT2D eigenvalue weighted by Crippen LogP contribution is -2.46. The Morgan fingerprint density at radius 1 is 0.643 bits per heavy atom. The van der Waals surface area contributed by atoms with Gasteiger partial charge in [-0.25, -0.2) is 0 Å². The molecule has 2 aromatic carbocycles. The Balaban J connectivity index is 1.57. The zero-order chi connectivity index (χ0) is 19.7. The molecule has 6 nitrogen and oxygen atoms in total. The van der Waals surface area contributed by atoms with Crippen LogP contribution in [0.5, 0.6) is 0 Å². The van der Waals surface area contributed by atoms with E-state index in [9.17, 15) is 10.2 Å². The summed E-state index contributed by atoms with van der Waals surface area (Å²) in [5, 5.41) is 22.4. The van der Waals surface area contributed by atoms with E-state index < -0.39 is 37.0 Å². The van der Waals surface area contributed by atoms with Crippen molar-refractivity contribution in [1.82, 2.24) is 0 Å². The van der Waals surface area contributed by atoms with E-state index in [1.807, 2.05) is 0 Å². The monoisotopic (exact) mass is 426 g/mol. The molecule has 6 atom stereocenters. The summed E-state index contributed by atoms with van der Waals surface area (Å²) in [5.41, 5.74) is 1.45. The number of benzene rings is 2. The third-order valence-electron chi connectivity index (χ3n) is 4.76. The number of fused-ring (bicyclic) bond motifs is 1. The number of hydrogen-bond acceptors (Lipinski definition) is 6. The molecule has 2 unspecified atom stereocenters. The summed E-state index contributed by atoms with van der Waals surface area (Å²) in [7, 11) is 0. The summed E-state index contributed by atoms with van der Waals surface area (Å²) in [4.78, 5) is 0. The Morgan fingerprint density at radius 2 is 1.00 bits per heavy atom. The molecule has 0 radical (unpaired) electrons. The second kappa shape index (κ2) is 8.65. The highest BCUT2D eigenvalue weighted by atomic mass is 35.5. The van der Waals surface area contributed by atoms with Crippen LogP contribution in [0.15, 0.2) is 48.5 Å². The molecule has 0 aromatic heterocycles. The first-order chi connectivity index (χ1) is 13.5. The topological polar surface area (TPSA) is 77.4 Å². The van der Waals surface area contributed by atoms with E-state index >= 15 is 0 Å². The minimum atomic E-state index is -1.01. The van der Waals surface area contributed by atoms with E-state index in [-0.39, 0.29) is 13.2 Å². The number of aliphatic hydroxyl groups excluding tert-OH is 2. The smallest absolute Gasteiger partial charge is 0.184 e. The summed E-state index contributed by atoms with van der Waals surface area (Å²) < 4.78 is 23.4. The van der Waals surface area contributed by atoms with Gasteiger partial charge < -0.3 is 29.2 Å². The molecule has 8 heteroatoms. The maximum Gasteiger partial charge on any atom is 0.184 e. The fourth-order valence-electron chi connectivity index (χ4n) is 3.29. The van der Waals surface area contributed by atoms with Crippen molar-refractivity contribution in [2.24, 2.45) is 0 Å². The van der Waals surface area contributed by atoms with Gasteiger partial charge in [0.1, 0.15) is 24.4 Å². The molecule has 2 aliphatic rings. The van der Waals surface area contributed by atoms with Crippen LogP contribution in [0.25, 0.3) is 0 Å². The zero-order valence-corrected chi connectivity index (χ0v) is 16.3. The summed E-state index contributed by atoms with van der Waals surface area (Å²) in [5.74, 6) is 0. The molecular weight excluding hydrogens is 407 g/mol. The molecule has 0 aliphatic carbocycles. The molecule has 0 spiro atoms. The molecule has 28 heavy (non-hydrogen) atoms. The van der Waals surface area contributed by atoms with Crippen LogP contribution in [0.1, 0.15) is 23.7 Å². The minimum Gasteiger partial charge on any atom is -0.388 e. The van der Waals surface area contributed by atoms with Gasteiger partial charge in [-0.05, 0) is 24.3 Å². The van der Waals surface area contributed by atoms with E-state index in [1.54, 1.807) is 48.5 Å². The van der Waals surface area contributed by atoms with Gasteiger partial charge in [0.05, 0.1) is 13.2 Å². The van der Waals surface area contributed by atoms with Gasteiger partial charge in [-0.15, -0.1) is 0 Å².